The molecule has 0 aliphatic carbocycles. The minimum atomic E-state index is -0.479. The normalized spacial score (nSPS) is 13.7. The summed E-state index contributed by atoms with van der Waals surface area (Å²) in [5, 5.41) is 29.4. The number of aliphatic hydroxyl groups is 3. The van der Waals surface area contributed by atoms with Crippen LogP contribution in [0.5, 0.6) is 0 Å². The molecule has 0 aliphatic heterocycles. The highest BCUT2D eigenvalue weighted by molar-refractivity contribution is 5.55. The van der Waals surface area contributed by atoms with Crippen molar-refractivity contribution < 1.29 is 15.3 Å². The van der Waals surface area contributed by atoms with Gasteiger partial charge in [-0.05, 0) is 76.8 Å². The van der Waals surface area contributed by atoms with Gasteiger partial charge in [-0.2, -0.15) is 0 Å². The van der Waals surface area contributed by atoms with E-state index >= 15 is 0 Å². The van der Waals surface area contributed by atoms with Gasteiger partial charge in [0.25, 0.3) is 0 Å². The fourth-order valence-electron chi connectivity index (χ4n) is 4.35. The summed E-state index contributed by atoms with van der Waals surface area (Å²) in [6.45, 7) is 12.7. The van der Waals surface area contributed by atoms with Crippen molar-refractivity contribution in [2.75, 3.05) is 0 Å². The third-order valence-corrected chi connectivity index (χ3v) is 7.08. The second-order valence-electron chi connectivity index (χ2n) is 10.1. The molecule has 0 aromatic heterocycles. The van der Waals surface area contributed by atoms with Gasteiger partial charge in [0.1, 0.15) is 0 Å². The number of benzene rings is 2. The van der Waals surface area contributed by atoms with Crippen LogP contribution in [0.1, 0.15) is 87.3 Å². The molecule has 2 aromatic carbocycles. The van der Waals surface area contributed by atoms with E-state index in [0.717, 1.165) is 42.4 Å². The maximum absolute atomic E-state index is 10.3. The summed E-state index contributed by atoms with van der Waals surface area (Å²) in [7, 11) is 0. The molecule has 0 radical (unpaired) electrons. The molecule has 3 N–H and O–H groups in total. The molecule has 3 nitrogen and oxygen atoms in total. The SMILES string of the molecule is CCC(CC)(CCc1ccc(CO)c(CO)c1)c1ccc(C=CC(O)C(C)(C)C)c(C)c1. The van der Waals surface area contributed by atoms with E-state index in [0.29, 0.717) is 0 Å². The number of aryl methyl sites for hydroxylation is 2. The van der Waals surface area contributed by atoms with E-state index in [1.54, 1.807) is 0 Å². The smallest absolute Gasteiger partial charge is 0.0772 e. The van der Waals surface area contributed by atoms with Gasteiger partial charge in [-0.3, -0.25) is 0 Å². The molecule has 1 unspecified atom stereocenters. The molecule has 0 aliphatic rings. The van der Waals surface area contributed by atoms with Crippen LogP contribution >= 0.6 is 0 Å². The quantitative estimate of drug-likeness (QED) is 0.421. The lowest BCUT2D eigenvalue weighted by Crippen LogP contribution is -2.25. The monoisotopic (exact) mass is 438 g/mol. The van der Waals surface area contributed by atoms with Crippen LogP contribution in [0, 0.1) is 12.3 Å². The predicted molar refractivity (Wildman–Crippen MR) is 135 cm³/mol. The summed E-state index contributed by atoms with van der Waals surface area (Å²) >= 11 is 0. The molecule has 2 aromatic rings. The number of rotatable bonds is 10. The highest BCUT2D eigenvalue weighted by Gasteiger charge is 2.28. The largest absolute Gasteiger partial charge is 0.392 e. The summed E-state index contributed by atoms with van der Waals surface area (Å²) in [4.78, 5) is 0. The van der Waals surface area contributed by atoms with Gasteiger partial charge in [0.2, 0.25) is 0 Å². The standard InChI is InChI=1S/C29H42O3/c1-7-29(8-2,16-15-22-9-10-24(19-30)25(18-22)20-31)26-13-11-23(21(3)17-26)12-14-27(32)28(4,5)6/h9-14,17-18,27,30-32H,7-8,15-16,19-20H2,1-6H3. The summed E-state index contributed by atoms with van der Waals surface area (Å²) in [5.74, 6) is 0. The number of hydrogen-bond donors (Lipinski definition) is 3. The van der Waals surface area contributed by atoms with Crippen LogP contribution in [0.2, 0.25) is 0 Å². The molecule has 0 spiro atoms. The molecule has 1 atom stereocenters. The van der Waals surface area contributed by atoms with Crippen molar-refractivity contribution >= 4 is 6.08 Å². The van der Waals surface area contributed by atoms with Gasteiger partial charge in [-0.25, -0.2) is 0 Å². The van der Waals surface area contributed by atoms with Crippen LogP contribution in [0.15, 0.2) is 42.5 Å². The lowest BCUT2D eigenvalue weighted by atomic mass is 9.71. The Hall–Kier alpha value is -1.94. The van der Waals surface area contributed by atoms with Crippen molar-refractivity contribution in [2.45, 2.75) is 92.0 Å². The highest BCUT2D eigenvalue weighted by Crippen LogP contribution is 2.37. The van der Waals surface area contributed by atoms with Gasteiger partial charge in [-0.1, -0.05) is 83.2 Å². The van der Waals surface area contributed by atoms with E-state index < -0.39 is 6.10 Å². The third kappa shape index (κ3) is 6.31. The topological polar surface area (TPSA) is 60.7 Å². The first kappa shape index (κ1) is 26.3. The van der Waals surface area contributed by atoms with E-state index in [1.807, 2.05) is 45.1 Å². The fourth-order valence-corrected chi connectivity index (χ4v) is 4.35. The number of aliphatic hydroxyl groups excluding tert-OH is 3. The molecule has 3 heteroatoms. The summed E-state index contributed by atoms with van der Waals surface area (Å²) < 4.78 is 0. The zero-order valence-electron chi connectivity index (χ0n) is 20.8. The molecule has 32 heavy (non-hydrogen) atoms. The Balaban J connectivity index is 2.25. The van der Waals surface area contributed by atoms with Gasteiger partial charge in [-0.15, -0.1) is 0 Å². The Labute approximate surface area is 194 Å². The lowest BCUT2D eigenvalue weighted by Gasteiger charge is -2.33. The first-order chi connectivity index (χ1) is 15.1. The average Bonchev–Trinajstić information content (AvgIpc) is 2.78. The van der Waals surface area contributed by atoms with Crippen molar-refractivity contribution in [1.29, 1.82) is 0 Å². The van der Waals surface area contributed by atoms with Crippen LogP contribution < -0.4 is 0 Å². The molecule has 0 saturated heterocycles. The molecule has 2 rings (SSSR count). The Morgan fingerprint density at radius 3 is 2.09 bits per heavy atom. The van der Waals surface area contributed by atoms with Crippen molar-refractivity contribution in [3.05, 3.63) is 75.9 Å². The van der Waals surface area contributed by atoms with Gasteiger partial charge in [0, 0.05) is 0 Å². The van der Waals surface area contributed by atoms with Crippen LogP contribution in [-0.2, 0) is 25.0 Å². The number of hydrogen-bond acceptors (Lipinski definition) is 3. The molecular weight excluding hydrogens is 396 g/mol. The van der Waals surface area contributed by atoms with Crippen LogP contribution in [-0.4, -0.2) is 21.4 Å². The molecule has 0 bridgehead atoms. The Bertz CT molecular complexity index is 901. The summed E-state index contributed by atoms with van der Waals surface area (Å²) in [6, 6.07) is 12.8. The zero-order valence-corrected chi connectivity index (χ0v) is 20.8. The van der Waals surface area contributed by atoms with E-state index in [-0.39, 0.29) is 24.0 Å². The Kier molecular flexibility index (Phi) is 9.27. The maximum atomic E-state index is 10.3. The van der Waals surface area contributed by atoms with Crippen LogP contribution in [0.25, 0.3) is 6.08 Å². The molecule has 0 heterocycles. The second-order valence-corrected chi connectivity index (χ2v) is 10.1. The molecule has 0 fully saturated rings. The van der Waals surface area contributed by atoms with Gasteiger partial charge in [0.05, 0.1) is 19.3 Å². The summed E-state index contributed by atoms with van der Waals surface area (Å²) in [6.07, 6.45) is 7.52. The highest BCUT2D eigenvalue weighted by atomic mass is 16.3. The summed E-state index contributed by atoms with van der Waals surface area (Å²) in [5.41, 5.74) is 6.46. The first-order valence-corrected chi connectivity index (χ1v) is 11.9. The van der Waals surface area contributed by atoms with Gasteiger partial charge < -0.3 is 15.3 Å². The van der Waals surface area contributed by atoms with Crippen molar-refractivity contribution in [2.24, 2.45) is 5.41 Å². The van der Waals surface area contributed by atoms with Gasteiger partial charge in [0.15, 0.2) is 0 Å². The van der Waals surface area contributed by atoms with Crippen molar-refractivity contribution in [3.8, 4) is 0 Å². The average molecular weight is 439 g/mol. The van der Waals surface area contributed by atoms with Crippen LogP contribution in [0.4, 0.5) is 0 Å². The molecule has 176 valence electrons. The third-order valence-electron chi connectivity index (χ3n) is 7.08. The van der Waals surface area contributed by atoms with Crippen LogP contribution in [0.3, 0.4) is 0 Å². The van der Waals surface area contributed by atoms with E-state index in [4.69, 9.17) is 0 Å². The predicted octanol–water partition coefficient (Wildman–Crippen LogP) is 6.09. The minimum absolute atomic E-state index is 0.0448. The zero-order chi connectivity index (χ0) is 23.9. The van der Waals surface area contributed by atoms with E-state index in [2.05, 4.69) is 45.0 Å². The lowest BCUT2D eigenvalue weighted by molar-refractivity contribution is 0.106. The van der Waals surface area contributed by atoms with E-state index in [1.165, 1.54) is 16.7 Å². The maximum Gasteiger partial charge on any atom is 0.0772 e. The fraction of sp³-hybridized carbons (Fsp3) is 0.517. The first-order valence-electron chi connectivity index (χ1n) is 11.9. The second kappa shape index (κ2) is 11.3. The molecule has 0 saturated carbocycles. The Morgan fingerprint density at radius 2 is 1.56 bits per heavy atom. The van der Waals surface area contributed by atoms with Crippen molar-refractivity contribution in [3.63, 3.8) is 0 Å². The van der Waals surface area contributed by atoms with E-state index in [9.17, 15) is 15.3 Å². The van der Waals surface area contributed by atoms with Gasteiger partial charge >= 0.3 is 0 Å². The molecule has 0 amide bonds. The van der Waals surface area contributed by atoms with Crippen molar-refractivity contribution in [1.82, 2.24) is 0 Å². The minimum Gasteiger partial charge on any atom is -0.392 e. The Morgan fingerprint density at radius 1 is 0.906 bits per heavy atom. The molecular formula is C29H42O3.